The van der Waals surface area contributed by atoms with E-state index in [0.717, 1.165) is 13.2 Å². The number of aromatic nitrogens is 1. The van der Waals surface area contributed by atoms with Crippen molar-refractivity contribution in [3.63, 3.8) is 0 Å². The summed E-state index contributed by atoms with van der Waals surface area (Å²) in [5.74, 6) is -3.47. The van der Waals surface area contributed by atoms with Crippen LogP contribution in [0, 0.1) is 11.6 Å². The molecule has 1 aromatic carbocycles. The molecule has 5 nitrogen and oxygen atoms in total. The summed E-state index contributed by atoms with van der Waals surface area (Å²) in [6, 6.07) is 0.537. The van der Waals surface area contributed by atoms with Crippen molar-refractivity contribution >= 4 is 16.9 Å². The minimum absolute atomic E-state index is 0.103. The fraction of sp³-hybridized carbons (Fsp3) is 0.286. The van der Waals surface area contributed by atoms with Gasteiger partial charge in [-0.15, -0.1) is 0 Å². The van der Waals surface area contributed by atoms with Gasteiger partial charge < -0.3 is 14.0 Å². The zero-order valence-electron chi connectivity index (χ0n) is 11.3. The van der Waals surface area contributed by atoms with Crippen molar-refractivity contribution in [1.82, 2.24) is 4.57 Å². The van der Waals surface area contributed by atoms with Crippen LogP contribution in [0.1, 0.15) is 23.3 Å². The number of carbonyl (C=O) groups excluding carboxylic acids is 1. The van der Waals surface area contributed by atoms with Crippen molar-refractivity contribution in [2.45, 2.75) is 13.0 Å². The second-order valence-electron chi connectivity index (χ2n) is 4.83. The Balaban J connectivity index is 2.51. The van der Waals surface area contributed by atoms with Gasteiger partial charge in [0, 0.05) is 6.20 Å². The maximum absolute atomic E-state index is 13.8. The van der Waals surface area contributed by atoms with Gasteiger partial charge in [-0.1, -0.05) is 0 Å². The summed E-state index contributed by atoms with van der Waals surface area (Å²) in [6.45, 7) is 1.88. The molecule has 0 saturated heterocycles. The van der Waals surface area contributed by atoms with Crippen LogP contribution in [0.4, 0.5) is 8.78 Å². The Hall–Kier alpha value is -2.44. The van der Waals surface area contributed by atoms with Crippen LogP contribution in [-0.2, 0) is 4.74 Å². The third kappa shape index (κ3) is 1.80. The Morgan fingerprint density at radius 1 is 1.48 bits per heavy atom. The van der Waals surface area contributed by atoms with E-state index in [1.807, 2.05) is 0 Å². The number of rotatable bonds is 1. The van der Waals surface area contributed by atoms with Gasteiger partial charge in [0.15, 0.2) is 11.6 Å². The highest BCUT2D eigenvalue weighted by Gasteiger charge is 2.28. The van der Waals surface area contributed by atoms with Gasteiger partial charge in [-0.2, -0.15) is 4.39 Å². The normalized spacial score (nSPS) is 16.7. The predicted octanol–water partition coefficient (Wildman–Crippen LogP) is 2.02. The van der Waals surface area contributed by atoms with E-state index in [1.165, 1.54) is 10.8 Å². The molecule has 0 spiro atoms. The molecular formula is C14H11F2NO4. The van der Waals surface area contributed by atoms with Gasteiger partial charge in [-0.25, -0.2) is 9.18 Å². The lowest BCUT2D eigenvalue weighted by Gasteiger charge is -2.27. The van der Waals surface area contributed by atoms with Crippen LogP contribution in [0.5, 0.6) is 5.75 Å². The predicted molar refractivity (Wildman–Crippen MR) is 69.7 cm³/mol. The lowest BCUT2D eigenvalue weighted by Crippen LogP contribution is -2.27. The molecular weight excluding hydrogens is 284 g/mol. The number of pyridine rings is 1. The molecule has 7 heteroatoms. The Morgan fingerprint density at radius 3 is 2.86 bits per heavy atom. The zero-order chi connectivity index (χ0) is 15.3. The Morgan fingerprint density at radius 2 is 2.19 bits per heavy atom. The first-order valence-corrected chi connectivity index (χ1v) is 6.23. The summed E-state index contributed by atoms with van der Waals surface area (Å²) in [7, 11) is 1.14. The first-order valence-electron chi connectivity index (χ1n) is 6.23. The average molecular weight is 295 g/mol. The third-order valence-corrected chi connectivity index (χ3v) is 3.51. The molecule has 2 heterocycles. The summed E-state index contributed by atoms with van der Waals surface area (Å²) >= 11 is 0. The molecule has 0 saturated carbocycles. The van der Waals surface area contributed by atoms with Crippen LogP contribution in [0.25, 0.3) is 10.9 Å². The topological polar surface area (TPSA) is 57.5 Å². The van der Waals surface area contributed by atoms with E-state index in [2.05, 4.69) is 4.74 Å². The summed E-state index contributed by atoms with van der Waals surface area (Å²) in [5.41, 5.74) is -0.799. The van der Waals surface area contributed by atoms with Crippen LogP contribution in [0.2, 0.25) is 0 Å². The molecule has 21 heavy (non-hydrogen) atoms. The van der Waals surface area contributed by atoms with Gasteiger partial charge in [-0.3, -0.25) is 4.79 Å². The number of halogens is 2. The lowest BCUT2D eigenvalue weighted by atomic mass is 10.1. The van der Waals surface area contributed by atoms with Gasteiger partial charge >= 0.3 is 5.97 Å². The molecule has 1 aliphatic rings. The van der Waals surface area contributed by atoms with Gasteiger partial charge in [0.2, 0.25) is 11.2 Å². The number of hydrogen-bond donors (Lipinski definition) is 0. The molecule has 0 fully saturated rings. The molecule has 1 aliphatic heterocycles. The SMILES string of the molecule is COC(=O)c1cn2c3c(c(F)c(F)cc3c1=O)OC[C@H]2C. The van der Waals surface area contributed by atoms with E-state index in [0.29, 0.717) is 0 Å². The van der Waals surface area contributed by atoms with E-state index in [-0.39, 0.29) is 34.9 Å². The number of hydrogen-bond acceptors (Lipinski definition) is 4. The summed E-state index contributed by atoms with van der Waals surface area (Å²) in [4.78, 5) is 24.0. The highest BCUT2D eigenvalue weighted by atomic mass is 19.2. The molecule has 0 aliphatic carbocycles. The maximum Gasteiger partial charge on any atom is 0.343 e. The maximum atomic E-state index is 13.8. The number of carbonyl (C=O) groups is 1. The Bertz CT molecular complexity index is 828. The standard InChI is InChI=1S/C14H11F2NO4/c1-6-5-21-13-10(16)9(15)3-7-11(13)17(6)4-8(12(7)18)14(19)20-2/h3-4,6H,5H2,1-2H3/t6-/m1/s1. The molecule has 3 rings (SSSR count). The van der Waals surface area contributed by atoms with Crippen molar-refractivity contribution < 1.29 is 23.0 Å². The van der Waals surface area contributed by atoms with E-state index < -0.39 is 23.0 Å². The number of esters is 1. The number of nitrogens with zero attached hydrogens (tertiary/aromatic N) is 1. The van der Waals surface area contributed by atoms with E-state index in [9.17, 15) is 18.4 Å². The molecule has 0 amide bonds. The fourth-order valence-electron chi connectivity index (χ4n) is 2.45. The molecule has 0 N–H and O–H groups in total. The number of methoxy groups -OCH3 is 1. The largest absolute Gasteiger partial charge is 0.486 e. The first-order chi connectivity index (χ1) is 9.95. The number of benzene rings is 1. The van der Waals surface area contributed by atoms with Crippen molar-refractivity contribution in [3.8, 4) is 5.75 Å². The highest BCUT2D eigenvalue weighted by molar-refractivity contribution is 5.95. The van der Waals surface area contributed by atoms with Gasteiger partial charge in [0.05, 0.1) is 24.1 Å². The van der Waals surface area contributed by atoms with Crippen molar-refractivity contribution in [3.05, 3.63) is 39.7 Å². The summed E-state index contributed by atoms with van der Waals surface area (Å²) < 4.78 is 38.7. The zero-order valence-corrected chi connectivity index (χ0v) is 11.3. The van der Waals surface area contributed by atoms with Crippen LogP contribution in [-0.4, -0.2) is 24.3 Å². The monoisotopic (exact) mass is 295 g/mol. The third-order valence-electron chi connectivity index (χ3n) is 3.51. The van der Waals surface area contributed by atoms with Crippen LogP contribution in [0.3, 0.4) is 0 Å². The van der Waals surface area contributed by atoms with Gasteiger partial charge in [0.1, 0.15) is 12.2 Å². The smallest absolute Gasteiger partial charge is 0.343 e. The van der Waals surface area contributed by atoms with Crippen LogP contribution in [0.15, 0.2) is 17.1 Å². The Labute approximate surface area is 117 Å². The highest BCUT2D eigenvalue weighted by Crippen LogP contribution is 2.35. The van der Waals surface area contributed by atoms with Crippen molar-refractivity contribution in [2.75, 3.05) is 13.7 Å². The lowest BCUT2D eigenvalue weighted by molar-refractivity contribution is 0.0598. The van der Waals surface area contributed by atoms with Crippen LogP contribution < -0.4 is 10.2 Å². The molecule has 0 radical (unpaired) electrons. The second kappa shape index (κ2) is 4.54. The van der Waals surface area contributed by atoms with Gasteiger partial charge in [-0.05, 0) is 13.0 Å². The van der Waals surface area contributed by atoms with E-state index in [1.54, 1.807) is 6.92 Å². The quantitative estimate of drug-likeness (QED) is 0.755. The molecule has 2 aromatic rings. The second-order valence-corrected chi connectivity index (χ2v) is 4.83. The molecule has 1 aromatic heterocycles. The number of ether oxygens (including phenoxy) is 2. The molecule has 0 bridgehead atoms. The van der Waals surface area contributed by atoms with Crippen molar-refractivity contribution in [2.24, 2.45) is 0 Å². The minimum atomic E-state index is -1.20. The van der Waals surface area contributed by atoms with E-state index in [4.69, 9.17) is 4.74 Å². The summed E-state index contributed by atoms with van der Waals surface area (Å²) in [6.07, 6.45) is 1.30. The molecule has 1 atom stereocenters. The molecule has 110 valence electrons. The Kier molecular flexibility index (Phi) is 2.93. The van der Waals surface area contributed by atoms with Gasteiger partial charge in [0.25, 0.3) is 0 Å². The van der Waals surface area contributed by atoms with Crippen molar-refractivity contribution in [1.29, 1.82) is 0 Å². The molecule has 0 unspecified atom stereocenters. The minimum Gasteiger partial charge on any atom is -0.486 e. The average Bonchev–Trinajstić information content (AvgIpc) is 2.47. The summed E-state index contributed by atoms with van der Waals surface area (Å²) in [5, 5.41) is -0.113. The fourth-order valence-corrected chi connectivity index (χ4v) is 2.45. The first kappa shape index (κ1) is 13.5. The van der Waals surface area contributed by atoms with Crippen LogP contribution >= 0.6 is 0 Å². The van der Waals surface area contributed by atoms with E-state index >= 15 is 0 Å².